The van der Waals surface area contributed by atoms with Crippen molar-refractivity contribution in [1.29, 1.82) is 0 Å². The number of aliphatic hydroxyl groups is 3. The van der Waals surface area contributed by atoms with Crippen LogP contribution >= 0.6 is 0 Å². The van der Waals surface area contributed by atoms with Gasteiger partial charge in [-0.3, -0.25) is 0 Å². The van der Waals surface area contributed by atoms with Crippen LogP contribution in [0.25, 0.3) is 0 Å². The molecule has 0 aliphatic carbocycles. The third-order valence-corrected chi connectivity index (χ3v) is 2.47. The molecule has 5 heteroatoms. The molecule has 0 aromatic heterocycles. The fraction of sp³-hybridized carbons (Fsp3) is 1.00. The monoisotopic (exact) mass is 192 g/mol. The first-order valence-corrected chi connectivity index (χ1v) is 4.31. The number of hydrogen-bond donors (Lipinski definition) is 3. The van der Waals surface area contributed by atoms with Crippen molar-refractivity contribution >= 4 is 0 Å². The third kappa shape index (κ3) is 2.38. The summed E-state index contributed by atoms with van der Waals surface area (Å²) in [5.41, 5.74) is 0. The summed E-state index contributed by atoms with van der Waals surface area (Å²) in [6.07, 6.45) is -1.03. The molecular formula is C8H16O5. The fourth-order valence-electron chi connectivity index (χ4n) is 1.40. The van der Waals surface area contributed by atoms with Gasteiger partial charge in [0.25, 0.3) is 5.97 Å². The number of hydrogen-bond acceptors (Lipinski definition) is 5. The van der Waals surface area contributed by atoms with Gasteiger partial charge in [0.1, 0.15) is 6.79 Å². The molecule has 1 fully saturated rings. The molecule has 0 aromatic rings. The molecule has 0 spiro atoms. The van der Waals surface area contributed by atoms with Gasteiger partial charge in [-0.15, -0.1) is 0 Å². The Morgan fingerprint density at radius 1 is 1.54 bits per heavy atom. The van der Waals surface area contributed by atoms with E-state index in [0.717, 1.165) is 0 Å². The maximum atomic E-state index is 9.57. The van der Waals surface area contributed by atoms with Crippen molar-refractivity contribution in [1.82, 2.24) is 0 Å². The van der Waals surface area contributed by atoms with Gasteiger partial charge in [-0.25, -0.2) is 0 Å². The quantitative estimate of drug-likeness (QED) is 0.509. The average Bonchev–Trinajstić information content (AvgIpc) is 2.00. The first-order valence-electron chi connectivity index (χ1n) is 4.31. The minimum atomic E-state index is -1.85. The number of aliphatic hydroxyl groups excluding tert-OH is 2. The van der Waals surface area contributed by atoms with E-state index >= 15 is 0 Å². The normalized spacial score (nSPS) is 46.4. The van der Waals surface area contributed by atoms with E-state index < -0.39 is 18.9 Å². The van der Waals surface area contributed by atoms with E-state index in [0.29, 0.717) is 0 Å². The first-order chi connectivity index (χ1) is 5.98. The molecule has 4 atom stereocenters. The molecule has 13 heavy (non-hydrogen) atoms. The Labute approximate surface area is 76.9 Å². The molecular weight excluding hydrogens is 176 g/mol. The van der Waals surface area contributed by atoms with Crippen molar-refractivity contribution in [3.8, 4) is 0 Å². The number of ether oxygens (including phenoxy) is 2. The zero-order valence-electron chi connectivity index (χ0n) is 7.80. The van der Waals surface area contributed by atoms with Gasteiger partial charge >= 0.3 is 0 Å². The molecule has 1 heterocycles. The number of rotatable bonds is 2. The Balaban J connectivity index is 2.61. The lowest BCUT2D eigenvalue weighted by Gasteiger charge is -2.40. The van der Waals surface area contributed by atoms with Crippen LogP contribution in [0.15, 0.2) is 0 Å². The highest BCUT2D eigenvalue weighted by molar-refractivity contribution is 4.80. The third-order valence-electron chi connectivity index (χ3n) is 2.47. The highest BCUT2D eigenvalue weighted by atomic mass is 16.8. The largest absolute Gasteiger partial charge is 0.392 e. The predicted molar refractivity (Wildman–Crippen MR) is 43.5 cm³/mol. The van der Waals surface area contributed by atoms with Crippen LogP contribution in [-0.2, 0) is 9.47 Å². The van der Waals surface area contributed by atoms with E-state index in [4.69, 9.17) is 9.84 Å². The highest BCUT2D eigenvalue weighted by Crippen LogP contribution is 2.31. The Bertz CT molecular complexity index is 160. The van der Waals surface area contributed by atoms with Crippen molar-refractivity contribution in [3.63, 3.8) is 0 Å². The first kappa shape index (κ1) is 10.9. The second-order valence-electron chi connectivity index (χ2n) is 3.44. The average molecular weight is 192 g/mol. The van der Waals surface area contributed by atoms with Crippen LogP contribution in [0.1, 0.15) is 20.3 Å². The maximum absolute atomic E-state index is 9.57. The zero-order chi connectivity index (χ0) is 10.1. The van der Waals surface area contributed by atoms with Crippen LogP contribution in [0.5, 0.6) is 0 Å². The van der Waals surface area contributed by atoms with Crippen LogP contribution in [0, 0.1) is 5.92 Å². The molecule has 4 unspecified atom stereocenters. The summed E-state index contributed by atoms with van der Waals surface area (Å²) in [5, 5.41) is 27.6. The van der Waals surface area contributed by atoms with Gasteiger partial charge in [-0.05, 0) is 6.92 Å². The molecule has 1 aliphatic heterocycles. The fourth-order valence-corrected chi connectivity index (χ4v) is 1.40. The van der Waals surface area contributed by atoms with Crippen LogP contribution in [0.2, 0.25) is 0 Å². The Morgan fingerprint density at radius 3 is 2.62 bits per heavy atom. The standard InChI is InChI=1S/C8H16O5/c1-5-6(2)13-8(11,12-4-9)3-7(5)10/h5-7,9-11H,3-4H2,1-2H3. The molecule has 0 radical (unpaired) electrons. The molecule has 1 saturated heterocycles. The molecule has 1 aliphatic rings. The SMILES string of the molecule is CC1OC(O)(OCO)CC(O)C1C. The summed E-state index contributed by atoms with van der Waals surface area (Å²) in [6.45, 7) is 2.93. The molecule has 5 nitrogen and oxygen atoms in total. The lowest BCUT2D eigenvalue weighted by molar-refractivity contribution is -0.417. The summed E-state index contributed by atoms with van der Waals surface area (Å²) in [6, 6.07) is 0. The van der Waals surface area contributed by atoms with E-state index in [9.17, 15) is 10.2 Å². The second-order valence-corrected chi connectivity index (χ2v) is 3.44. The molecule has 0 bridgehead atoms. The Hall–Kier alpha value is -0.200. The maximum Gasteiger partial charge on any atom is 0.285 e. The van der Waals surface area contributed by atoms with Crippen LogP contribution < -0.4 is 0 Å². The summed E-state index contributed by atoms with van der Waals surface area (Å²) in [4.78, 5) is 0. The lowest BCUT2D eigenvalue weighted by Crippen LogP contribution is -2.51. The van der Waals surface area contributed by atoms with Gasteiger partial charge in [-0.2, -0.15) is 0 Å². The summed E-state index contributed by atoms with van der Waals surface area (Å²) < 4.78 is 9.70. The molecule has 0 saturated carbocycles. The molecule has 0 aromatic carbocycles. The predicted octanol–water partition coefficient (Wildman–Crippen LogP) is -0.595. The van der Waals surface area contributed by atoms with Gasteiger partial charge in [-0.1, -0.05) is 6.92 Å². The van der Waals surface area contributed by atoms with Gasteiger partial charge in [0, 0.05) is 5.92 Å². The van der Waals surface area contributed by atoms with Crippen LogP contribution in [0.4, 0.5) is 0 Å². The minimum Gasteiger partial charge on any atom is -0.392 e. The Kier molecular flexibility index (Phi) is 3.26. The lowest BCUT2D eigenvalue weighted by atomic mass is 9.93. The zero-order valence-corrected chi connectivity index (χ0v) is 7.80. The van der Waals surface area contributed by atoms with Gasteiger partial charge in [0.15, 0.2) is 0 Å². The molecule has 3 N–H and O–H groups in total. The summed E-state index contributed by atoms with van der Waals surface area (Å²) >= 11 is 0. The topological polar surface area (TPSA) is 79.2 Å². The van der Waals surface area contributed by atoms with Crippen molar-refractivity contribution in [2.75, 3.05) is 6.79 Å². The van der Waals surface area contributed by atoms with Crippen molar-refractivity contribution in [3.05, 3.63) is 0 Å². The van der Waals surface area contributed by atoms with Crippen molar-refractivity contribution < 1.29 is 24.8 Å². The Morgan fingerprint density at radius 2 is 2.15 bits per heavy atom. The van der Waals surface area contributed by atoms with Crippen molar-refractivity contribution in [2.24, 2.45) is 5.92 Å². The van der Waals surface area contributed by atoms with Gasteiger partial charge in [0.05, 0.1) is 18.6 Å². The van der Waals surface area contributed by atoms with E-state index in [-0.39, 0.29) is 18.4 Å². The molecule has 0 amide bonds. The van der Waals surface area contributed by atoms with Crippen molar-refractivity contribution in [2.45, 2.75) is 38.4 Å². The van der Waals surface area contributed by atoms with Crippen LogP contribution in [-0.4, -0.2) is 40.3 Å². The second kappa shape index (κ2) is 3.89. The highest BCUT2D eigenvalue weighted by Gasteiger charge is 2.43. The van der Waals surface area contributed by atoms with Gasteiger partial charge < -0.3 is 24.8 Å². The van der Waals surface area contributed by atoms with E-state index in [1.165, 1.54) is 0 Å². The van der Waals surface area contributed by atoms with E-state index in [1.807, 2.05) is 6.92 Å². The molecule has 1 rings (SSSR count). The van der Waals surface area contributed by atoms with Gasteiger partial charge in [0.2, 0.25) is 0 Å². The summed E-state index contributed by atoms with van der Waals surface area (Å²) in [5.74, 6) is -1.90. The minimum absolute atomic E-state index is 0.0426. The molecule has 78 valence electrons. The van der Waals surface area contributed by atoms with E-state index in [1.54, 1.807) is 6.92 Å². The van der Waals surface area contributed by atoms with E-state index in [2.05, 4.69) is 4.74 Å². The smallest absolute Gasteiger partial charge is 0.285 e. The summed E-state index contributed by atoms with van der Waals surface area (Å²) in [7, 11) is 0. The van der Waals surface area contributed by atoms with Crippen LogP contribution in [0.3, 0.4) is 0 Å².